The van der Waals surface area contributed by atoms with Gasteiger partial charge in [0.15, 0.2) is 0 Å². The molecule has 274 valence electrons. The zero-order valence-electron chi connectivity index (χ0n) is 31.9. The first kappa shape index (κ1) is 37.6. The van der Waals surface area contributed by atoms with Crippen LogP contribution < -0.4 is 0 Å². The van der Waals surface area contributed by atoms with Gasteiger partial charge in [-0.3, -0.25) is 0 Å². The van der Waals surface area contributed by atoms with Gasteiger partial charge >= 0.3 is 11.9 Å². The molecule has 0 bridgehead atoms. The van der Waals surface area contributed by atoms with Gasteiger partial charge in [-0.05, 0) is 127 Å². The molecule has 4 heteroatoms. The molecular formula is C48H58O4. The highest BCUT2D eigenvalue weighted by Gasteiger charge is 2.45. The smallest absolute Gasteiger partial charge is 0.338 e. The summed E-state index contributed by atoms with van der Waals surface area (Å²) in [7, 11) is 0. The Hall–Kier alpha value is -4.18. The Morgan fingerprint density at radius 3 is 1.35 bits per heavy atom. The fourth-order valence-corrected chi connectivity index (χ4v) is 8.70. The first-order valence-corrected chi connectivity index (χ1v) is 20.2. The largest absolute Gasteiger partial charge is 0.454 e. The number of fused-ring (bicyclic) bond motifs is 5. The SMILES string of the molecule is CCCCCCCc1ccc(C(=O)OC2CC3CC(OC(=O)c4ccc(CCCCCCC)cc4)c4cccc(C)c4C3c3c(C)cccc32)cc1. The summed E-state index contributed by atoms with van der Waals surface area (Å²) in [6, 6.07) is 28.7. The molecule has 0 aromatic heterocycles. The summed E-state index contributed by atoms with van der Waals surface area (Å²) in [6.07, 6.45) is 15.2. The van der Waals surface area contributed by atoms with E-state index in [0.717, 1.165) is 24.0 Å². The molecular weight excluding hydrogens is 641 g/mol. The van der Waals surface area contributed by atoms with Crippen molar-refractivity contribution in [1.82, 2.24) is 0 Å². The Kier molecular flexibility index (Phi) is 13.0. The van der Waals surface area contributed by atoms with Crippen molar-refractivity contribution in [1.29, 1.82) is 0 Å². The summed E-state index contributed by atoms with van der Waals surface area (Å²) >= 11 is 0. The maximum absolute atomic E-state index is 13.7. The van der Waals surface area contributed by atoms with Crippen molar-refractivity contribution >= 4 is 11.9 Å². The molecule has 0 fully saturated rings. The lowest BCUT2D eigenvalue weighted by Crippen LogP contribution is -2.34. The summed E-state index contributed by atoms with van der Waals surface area (Å²) in [5.74, 6) is -0.288. The van der Waals surface area contributed by atoms with Crippen molar-refractivity contribution < 1.29 is 19.1 Å². The molecule has 2 unspecified atom stereocenters. The minimum absolute atomic E-state index is 0.142. The van der Waals surface area contributed by atoms with Crippen molar-refractivity contribution in [3.8, 4) is 0 Å². The van der Waals surface area contributed by atoms with E-state index in [9.17, 15) is 9.59 Å². The third kappa shape index (κ3) is 8.88. The van der Waals surface area contributed by atoms with E-state index >= 15 is 0 Å². The number of hydrogen-bond donors (Lipinski definition) is 0. The van der Waals surface area contributed by atoms with Gasteiger partial charge in [-0.15, -0.1) is 0 Å². The third-order valence-corrected chi connectivity index (χ3v) is 11.6. The zero-order chi connectivity index (χ0) is 36.5. The lowest BCUT2D eigenvalue weighted by molar-refractivity contribution is 0.00378. The predicted molar refractivity (Wildman–Crippen MR) is 211 cm³/mol. The Labute approximate surface area is 312 Å². The molecule has 4 aromatic rings. The van der Waals surface area contributed by atoms with Crippen LogP contribution in [0.25, 0.3) is 0 Å². The van der Waals surface area contributed by atoms with Crippen LogP contribution in [0.1, 0.15) is 174 Å². The van der Waals surface area contributed by atoms with Gasteiger partial charge in [0.25, 0.3) is 0 Å². The predicted octanol–water partition coefficient (Wildman–Crippen LogP) is 12.7. The number of unbranched alkanes of at least 4 members (excludes halogenated alkanes) is 8. The molecule has 2 aliphatic carbocycles. The number of benzene rings is 4. The minimum Gasteiger partial charge on any atom is -0.454 e. The molecule has 4 nitrogen and oxygen atoms in total. The van der Waals surface area contributed by atoms with Gasteiger partial charge in [-0.25, -0.2) is 9.59 Å². The second-order valence-corrected chi connectivity index (χ2v) is 15.4. The van der Waals surface area contributed by atoms with Gasteiger partial charge in [0, 0.05) is 5.92 Å². The van der Waals surface area contributed by atoms with E-state index in [1.807, 2.05) is 24.3 Å². The monoisotopic (exact) mass is 698 g/mol. The first-order valence-electron chi connectivity index (χ1n) is 20.2. The Morgan fingerprint density at radius 2 is 0.942 bits per heavy atom. The van der Waals surface area contributed by atoms with Crippen molar-refractivity contribution in [2.24, 2.45) is 5.92 Å². The molecule has 0 amide bonds. The van der Waals surface area contributed by atoms with Gasteiger partial charge in [0.05, 0.1) is 11.1 Å². The average Bonchev–Trinajstić information content (AvgIpc) is 3.15. The van der Waals surface area contributed by atoms with Gasteiger partial charge in [0.1, 0.15) is 12.2 Å². The van der Waals surface area contributed by atoms with E-state index in [1.165, 1.54) is 97.6 Å². The Balaban J connectivity index is 1.19. The summed E-state index contributed by atoms with van der Waals surface area (Å²) in [5, 5.41) is 0. The number of aryl methyl sites for hydroxylation is 4. The Bertz CT molecular complexity index is 1660. The highest BCUT2D eigenvalue weighted by Crippen LogP contribution is 2.56. The average molecular weight is 699 g/mol. The zero-order valence-corrected chi connectivity index (χ0v) is 31.9. The fraction of sp³-hybridized carbons (Fsp3) is 0.458. The molecule has 0 spiro atoms. The van der Waals surface area contributed by atoms with Crippen LogP contribution >= 0.6 is 0 Å². The lowest BCUT2D eigenvalue weighted by Gasteiger charge is -2.45. The van der Waals surface area contributed by atoms with Crippen LogP contribution in [0.4, 0.5) is 0 Å². The van der Waals surface area contributed by atoms with Crippen molar-refractivity contribution in [2.45, 2.75) is 136 Å². The molecule has 2 aliphatic rings. The molecule has 0 saturated heterocycles. The molecule has 4 aromatic carbocycles. The second kappa shape index (κ2) is 18.0. The molecule has 6 rings (SSSR count). The highest BCUT2D eigenvalue weighted by molar-refractivity contribution is 5.90. The van der Waals surface area contributed by atoms with E-state index in [0.29, 0.717) is 24.0 Å². The van der Waals surface area contributed by atoms with Crippen molar-refractivity contribution in [2.75, 3.05) is 0 Å². The molecule has 0 saturated carbocycles. The molecule has 2 atom stereocenters. The molecule has 0 N–H and O–H groups in total. The number of carbonyl (C=O) groups is 2. The minimum atomic E-state index is -0.377. The normalized spacial score (nSPS) is 18.9. The van der Waals surface area contributed by atoms with Gasteiger partial charge < -0.3 is 9.47 Å². The second-order valence-electron chi connectivity index (χ2n) is 15.4. The van der Waals surface area contributed by atoms with Crippen LogP contribution in [0.2, 0.25) is 0 Å². The number of carbonyl (C=O) groups excluding carboxylic acids is 2. The van der Waals surface area contributed by atoms with Crippen molar-refractivity contribution in [3.63, 3.8) is 0 Å². The van der Waals surface area contributed by atoms with E-state index in [2.05, 4.69) is 88.4 Å². The lowest BCUT2D eigenvalue weighted by atomic mass is 9.62. The maximum Gasteiger partial charge on any atom is 0.338 e. The van der Waals surface area contributed by atoms with Crippen LogP contribution in [0.3, 0.4) is 0 Å². The number of rotatable bonds is 16. The van der Waals surface area contributed by atoms with Crippen molar-refractivity contribution in [3.05, 3.63) is 141 Å². The number of ether oxygens (including phenoxy) is 2. The van der Waals surface area contributed by atoms with Crippen LogP contribution in [0.5, 0.6) is 0 Å². The summed E-state index contributed by atoms with van der Waals surface area (Å²) in [4.78, 5) is 27.3. The van der Waals surface area contributed by atoms with Crippen LogP contribution in [0, 0.1) is 19.8 Å². The summed E-state index contributed by atoms with van der Waals surface area (Å²) < 4.78 is 12.8. The van der Waals surface area contributed by atoms with Gasteiger partial charge in [0.2, 0.25) is 0 Å². The molecule has 0 radical (unpaired) electrons. The quantitative estimate of drug-likeness (QED) is 0.0863. The molecule has 0 heterocycles. The summed E-state index contributed by atoms with van der Waals surface area (Å²) in [5.41, 5.74) is 10.8. The highest BCUT2D eigenvalue weighted by atomic mass is 16.5. The third-order valence-electron chi connectivity index (χ3n) is 11.6. The summed E-state index contributed by atoms with van der Waals surface area (Å²) in [6.45, 7) is 8.81. The standard InChI is InChI=1S/C48H58O4/c1-5-7-9-11-13-19-35-23-27-37(28-24-35)47(49)51-42-31-39-32-43(52-48(50)38-29-25-36(26-30-38)20-14-12-10-8-6-2)41-22-16-18-34(4)45(41)46(39)44-33(3)17-15-21-40(42)44/h15-18,21-30,39,42-43,46H,5-14,19-20,31-32H2,1-4H3. The van der Waals surface area contributed by atoms with Crippen LogP contribution in [-0.4, -0.2) is 11.9 Å². The molecule has 0 aliphatic heterocycles. The molecule has 52 heavy (non-hydrogen) atoms. The first-order chi connectivity index (χ1) is 25.4. The van der Waals surface area contributed by atoms with E-state index in [4.69, 9.17) is 9.47 Å². The van der Waals surface area contributed by atoms with Gasteiger partial charge in [-0.1, -0.05) is 126 Å². The topological polar surface area (TPSA) is 52.6 Å². The maximum atomic E-state index is 13.7. The fourth-order valence-electron chi connectivity index (χ4n) is 8.70. The van der Waals surface area contributed by atoms with E-state index < -0.39 is 0 Å². The van der Waals surface area contributed by atoms with E-state index in [-0.39, 0.29) is 36.0 Å². The number of esters is 2. The van der Waals surface area contributed by atoms with Crippen LogP contribution in [-0.2, 0) is 22.3 Å². The number of hydrogen-bond acceptors (Lipinski definition) is 4. The Morgan fingerprint density at radius 1 is 0.538 bits per heavy atom. The van der Waals surface area contributed by atoms with Crippen LogP contribution in [0.15, 0.2) is 84.9 Å². The van der Waals surface area contributed by atoms with E-state index in [1.54, 1.807) is 0 Å². The van der Waals surface area contributed by atoms with Gasteiger partial charge in [-0.2, -0.15) is 0 Å².